The van der Waals surface area contributed by atoms with Crippen molar-refractivity contribution in [1.82, 2.24) is 0 Å². The zero-order valence-electron chi connectivity index (χ0n) is 9.45. The van der Waals surface area contributed by atoms with Gasteiger partial charge >= 0.3 is 5.97 Å². The van der Waals surface area contributed by atoms with E-state index in [2.05, 4.69) is 11.3 Å². The minimum atomic E-state index is -0.541. The quantitative estimate of drug-likeness (QED) is 0.442. The highest BCUT2D eigenvalue weighted by Crippen LogP contribution is 2.11. The molecule has 0 aliphatic heterocycles. The van der Waals surface area contributed by atoms with Crippen LogP contribution in [-0.2, 0) is 9.53 Å². The lowest BCUT2D eigenvalue weighted by Crippen LogP contribution is -2.09. The summed E-state index contributed by atoms with van der Waals surface area (Å²) in [5, 5.41) is 0. The molecule has 1 aromatic rings. The first-order chi connectivity index (χ1) is 7.54. The Morgan fingerprint density at radius 3 is 2.62 bits per heavy atom. The number of methoxy groups -OCH3 is 1. The van der Waals surface area contributed by atoms with Crippen molar-refractivity contribution >= 4 is 11.8 Å². The molecule has 0 aliphatic rings. The number of hydrogen-bond acceptors (Lipinski definition) is 3. The molecule has 0 fully saturated rings. The highest BCUT2D eigenvalue weighted by atomic mass is 16.5. The Morgan fingerprint density at radius 1 is 1.38 bits per heavy atom. The van der Waals surface area contributed by atoms with Gasteiger partial charge in [0.05, 0.1) is 7.11 Å². The fourth-order valence-electron chi connectivity index (χ4n) is 1.33. The van der Waals surface area contributed by atoms with E-state index in [1.165, 1.54) is 7.11 Å². The summed E-state index contributed by atoms with van der Waals surface area (Å²) in [4.78, 5) is 22.8. The minimum absolute atomic E-state index is 0.00384. The van der Waals surface area contributed by atoms with Crippen LogP contribution >= 0.6 is 0 Å². The first kappa shape index (κ1) is 12.2. The van der Waals surface area contributed by atoms with Gasteiger partial charge in [-0.15, -0.1) is 0 Å². The van der Waals surface area contributed by atoms with Crippen LogP contribution in [0.15, 0.2) is 36.4 Å². The van der Waals surface area contributed by atoms with E-state index < -0.39 is 5.97 Å². The van der Waals surface area contributed by atoms with Crippen LogP contribution in [0.25, 0.3) is 0 Å². The maximum atomic E-state index is 11.8. The van der Waals surface area contributed by atoms with Crippen molar-refractivity contribution in [2.45, 2.75) is 13.3 Å². The first-order valence-corrected chi connectivity index (χ1v) is 4.90. The fraction of sp³-hybridized carbons (Fsp3) is 0.231. The molecule has 1 aromatic carbocycles. The van der Waals surface area contributed by atoms with Crippen molar-refractivity contribution in [3.05, 3.63) is 47.5 Å². The minimum Gasteiger partial charge on any atom is -0.466 e. The zero-order valence-corrected chi connectivity index (χ0v) is 9.45. The van der Waals surface area contributed by atoms with E-state index in [1.54, 1.807) is 12.1 Å². The molecule has 0 N–H and O–H groups in total. The van der Waals surface area contributed by atoms with Crippen LogP contribution in [0, 0.1) is 6.92 Å². The third kappa shape index (κ3) is 3.05. The summed E-state index contributed by atoms with van der Waals surface area (Å²) < 4.78 is 4.48. The third-order valence-electron chi connectivity index (χ3n) is 2.19. The third-order valence-corrected chi connectivity index (χ3v) is 2.19. The van der Waals surface area contributed by atoms with Crippen molar-refractivity contribution < 1.29 is 14.3 Å². The van der Waals surface area contributed by atoms with Gasteiger partial charge in [0.2, 0.25) is 0 Å². The molecular formula is C13H14O3. The van der Waals surface area contributed by atoms with Gasteiger partial charge in [0, 0.05) is 17.6 Å². The zero-order chi connectivity index (χ0) is 12.1. The van der Waals surface area contributed by atoms with Crippen LogP contribution in [0.1, 0.15) is 22.3 Å². The number of hydrogen-bond donors (Lipinski definition) is 0. The average molecular weight is 218 g/mol. The number of aryl methyl sites for hydroxylation is 1. The molecule has 0 radical (unpaired) electrons. The summed E-state index contributed by atoms with van der Waals surface area (Å²) in [6.07, 6.45) is -0.00384. The largest absolute Gasteiger partial charge is 0.466 e. The molecule has 3 heteroatoms. The number of benzene rings is 1. The maximum absolute atomic E-state index is 11.8. The van der Waals surface area contributed by atoms with Crippen molar-refractivity contribution in [2.24, 2.45) is 0 Å². The lowest BCUT2D eigenvalue weighted by Gasteiger charge is -2.03. The van der Waals surface area contributed by atoms with E-state index >= 15 is 0 Å². The van der Waals surface area contributed by atoms with Crippen LogP contribution in [0.3, 0.4) is 0 Å². The summed E-state index contributed by atoms with van der Waals surface area (Å²) in [5.74, 6) is -0.667. The molecule has 0 aromatic heterocycles. The molecule has 0 bridgehead atoms. The molecule has 0 aliphatic carbocycles. The molecule has 3 nitrogen and oxygen atoms in total. The second-order valence-electron chi connectivity index (χ2n) is 3.56. The summed E-state index contributed by atoms with van der Waals surface area (Å²) in [5.41, 5.74) is 1.77. The Kier molecular flexibility index (Phi) is 4.00. The van der Waals surface area contributed by atoms with Crippen molar-refractivity contribution in [1.29, 1.82) is 0 Å². The van der Waals surface area contributed by atoms with Crippen LogP contribution < -0.4 is 0 Å². The number of ketones is 1. The van der Waals surface area contributed by atoms with E-state index in [4.69, 9.17) is 0 Å². The summed E-state index contributed by atoms with van der Waals surface area (Å²) >= 11 is 0. The van der Waals surface area contributed by atoms with Crippen molar-refractivity contribution in [2.75, 3.05) is 7.11 Å². The number of ether oxygens (including phenoxy) is 1. The smallest absolute Gasteiger partial charge is 0.333 e. The molecule has 16 heavy (non-hydrogen) atoms. The number of carbonyl (C=O) groups is 2. The van der Waals surface area contributed by atoms with Crippen LogP contribution in [0.4, 0.5) is 0 Å². The van der Waals surface area contributed by atoms with E-state index in [0.717, 1.165) is 5.56 Å². The number of esters is 1. The molecule has 0 amide bonds. The van der Waals surface area contributed by atoms with E-state index in [-0.39, 0.29) is 17.8 Å². The Labute approximate surface area is 94.7 Å². The standard InChI is InChI=1S/C13H14O3/c1-9-5-4-6-11(7-9)12(14)8-10(2)13(15)16-3/h4-7H,2,8H2,1,3H3. The Bertz CT molecular complexity index is 433. The maximum Gasteiger partial charge on any atom is 0.333 e. The van der Waals surface area contributed by atoms with Gasteiger partial charge in [-0.1, -0.05) is 30.3 Å². The Morgan fingerprint density at radius 2 is 2.06 bits per heavy atom. The summed E-state index contributed by atoms with van der Waals surface area (Å²) in [6.45, 7) is 5.43. The Hall–Kier alpha value is -1.90. The molecule has 84 valence electrons. The predicted molar refractivity (Wildman–Crippen MR) is 61.3 cm³/mol. The second-order valence-corrected chi connectivity index (χ2v) is 3.56. The van der Waals surface area contributed by atoms with Crippen LogP contribution in [0.5, 0.6) is 0 Å². The molecule has 0 spiro atoms. The van der Waals surface area contributed by atoms with Gasteiger partial charge in [-0.2, -0.15) is 0 Å². The number of rotatable bonds is 4. The number of Topliss-reactive ketones (excluding diaryl/α,β-unsaturated/α-hetero) is 1. The Balaban J connectivity index is 2.73. The highest BCUT2D eigenvalue weighted by molar-refractivity contribution is 6.03. The lowest BCUT2D eigenvalue weighted by atomic mass is 10.0. The number of carbonyl (C=O) groups excluding carboxylic acids is 2. The summed E-state index contributed by atoms with van der Waals surface area (Å²) in [6, 6.07) is 7.22. The van der Waals surface area contributed by atoms with E-state index in [0.29, 0.717) is 5.56 Å². The van der Waals surface area contributed by atoms with Crippen molar-refractivity contribution in [3.63, 3.8) is 0 Å². The topological polar surface area (TPSA) is 43.4 Å². The molecule has 0 heterocycles. The van der Waals surface area contributed by atoms with Crippen LogP contribution in [-0.4, -0.2) is 18.9 Å². The first-order valence-electron chi connectivity index (χ1n) is 4.90. The highest BCUT2D eigenvalue weighted by Gasteiger charge is 2.13. The average Bonchev–Trinajstić information content (AvgIpc) is 2.27. The molecular weight excluding hydrogens is 204 g/mol. The van der Waals surface area contributed by atoms with Gasteiger partial charge in [-0.25, -0.2) is 4.79 Å². The van der Waals surface area contributed by atoms with Gasteiger partial charge in [-0.3, -0.25) is 4.79 Å². The monoisotopic (exact) mass is 218 g/mol. The predicted octanol–water partition coefficient (Wildman–Crippen LogP) is 2.30. The van der Waals surface area contributed by atoms with Gasteiger partial charge in [0.25, 0.3) is 0 Å². The lowest BCUT2D eigenvalue weighted by molar-refractivity contribution is -0.136. The van der Waals surface area contributed by atoms with Gasteiger partial charge in [-0.05, 0) is 13.0 Å². The molecule has 0 atom stereocenters. The summed E-state index contributed by atoms with van der Waals surface area (Å²) in [7, 11) is 1.27. The normalized spacial score (nSPS) is 9.62. The van der Waals surface area contributed by atoms with E-state index in [1.807, 2.05) is 19.1 Å². The van der Waals surface area contributed by atoms with Gasteiger partial charge < -0.3 is 4.74 Å². The van der Waals surface area contributed by atoms with Gasteiger partial charge in [0.15, 0.2) is 5.78 Å². The van der Waals surface area contributed by atoms with Gasteiger partial charge in [0.1, 0.15) is 0 Å². The van der Waals surface area contributed by atoms with Crippen molar-refractivity contribution in [3.8, 4) is 0 Å². The molecule has 1 rings (SSSR count). The van der Waals surface area contributed by atoms with Crippen LogP contribution in [0.2, 0.25) is 0 Å². The fourth-order valence-corrected chi connectivity index (χ4v) is 1.33. The molecule has 0 saturated heterocycles. The SMILES string of the molecule is C=C(CC(=O)c1cccc(C)c1)C(=O)OC. The van der Waals surface area contributed by atoms with E-state index in [9.17, 15) is 9.59 Å². The molecule has 0 saturated carbocycles. The second kappa shape index (κ2) is 5.26. The molecule has 0 unspecified atom stereocenters.